The molecule has 0 radical (unpaired) electrons. The number of rotatable bonds is 6. The van der Waals surface area contributed by atoms with Gasteiger partial charge in [0.15, 0.2) is 11.5 Å². The highest BCUT2D eigenvalue weighted by Crippen LogP contribution is 2.52. The third-order valence-corrected chi connectivity index (χ3v) is 6.47. The molecule has 6 heteroatoms. The number of hydrogen-bond acceptors (Lipinski definition) is 5. The third kappa shape index (κ3) is 3.42. The fourth-order valence-corrected chi connectivity index (χ4v) is 4.85. The molecule has 2 aromatic rings. The van der Waals surface area contributed by atoms with Crippen LogP contribution >= 0.6 is 0 Å². The Hall–Kier alpha value is -3.41. The molecule has 1 saturated carbocycles. The number of benzene rings is 2. The first-order valence-electron chi connectivity index (χ1n) is 10.5. The van der Waals surface area contributed by atoms with Crippen molar-refractivity contribution in [2.24, 2.45) is 28.8 Å². The molecule has 2 bridgehead atoms. The molecule has 2 aliphatic carbocycles. The summed E-state index contributed by atoms with van der Waals surface area (Å²) < 4.78 is 11.4. The van der Waals surface area contributed by atoms with Gasteiger partial charge in [0.05, 0.1) is 25.2 Å². The zero-order valence-corrected chi connectivity index (χ0v) is 17.5. The zero-order valence-electron chi connectivity index (χ0n) is 17.5. The summed E-state index contributed by atoms with van der Waals surface area (Å²) in [6.45, 7) is 2.48. The Labute approximate surface area is 181 Å². The summed E-state index contributed by atoms with van der Waals surface area (Å²) in [6.07, 6.45) is 6.58. The Kier molecular flexibility index (Phi) is 4.85. The first-order chi connectivity index (χ1) is 15.0. The van der Waals surface area contributed by atoms with E-state index in [0.717, 1.165) is 22.6 Å². The van der Waals surface area contributed by atoms with Crippen LogP contribution in [0, 0.1) is 30.6 Å². The van der Waals surface area contributed by atoms with E-state index in [0.29, 0.717) is 18.1 Å². The van der Waals surface area contributed by atoms with E-state index in [1.165, 1.54) is 11.8 Å². The smallest absolute Gasteiger partial charge is 0.254 e. The van der Waals surface area contributed by atoms with Crippen LogP contribution in [0.15, 0.2) is 59.7 Å². The summed E-state index contributed by atoms with van der Waals surface area (Å²) in [7, 11) is 1.58. The van der Waals surface area contributed by atoms with Crippen LogP contribution in [-0.2, 0) is 16.2 Å². The van der Waals surface area contributed by atoms with Crippen LogP contribution < -0.4 is 9.47 Å². The highest BCUT2D eigenvalue weighted by atomic mass is 16.5. The molecule has 31 heavy (non-hydrogen) atoms. The number of methoxy groups -OCH3 is 1. The van der Waals surface area contributed by atoms with Crippen molar-refractivity contribution in [3.63, 3.8) is 0 Å². The molecule has 2 aromatic carbocycles. The molecule has 1 saturated heterocycles. The second-order valence-corrected chi connectivity index (χ2v) is 8.42. The van der Waals surface area contributed by atoms with Gasteiger partial charge in [-0.05, 0) is 54.5 Å². The number of aryl methyl sites for hydroxylation is 1. The number of fused-ring (bicyclic) bond motifs is 5. The van der Waals surface area contributed by atoms with Crippen LogP contribution in [0.5, 0.6) is 11.5 Å². The van der Waals surface area contributed by atoms with Crippen molar-refractivity contribution in [2.45, 2.75) is 20.0 Å². The third-order valence-electron chi connectivity index (χ3n) is 6.47. The molecular formula is C25H24N2O4. The fraction of sp³-hybridized carbons (Fsp3) is 0.320. The van der Waals surface area contributed by atoms with E-state index in [4.69, 9.17) is 9.47 Å². The van der Waals surface area contributed by atoms with Crippen LogP contribution in [0.4, 0.5) is 0 Å². The molecule has 0 spiro atoms. The topological polar surface area (TPSA) is 68.2 Å². The predicted octanol–water partition coefficient (Wildman–Crippen LogP) is 3.72. The quantitative estimate of drug-likeness (QED) is 0.409. The van der Waals surface area contributed by atoms with Crippen molar-refractivity contribution < 1.29 is 19.1 Å². The van der Waals surface area contributed by atoms with Gasteiger partial charge >= 0.3 is 0 Å². The largest absolute Gasteiger partial charge is 0.493 e. The van der Waals surface area contributed by atoms with E-state index in [-0.39, 0.29) is 35.5 Å². The van der Waals surface area contributed by atoms with Gasteiger partial charge in [0, 0.05) is 0 Å². The van der Waals surface area contributed by atoms with E-state index < -0.39 is 0 Å². The van der Waals surface area contributed by atoms with E-state index in [1.54, 1.807) is 19.2 Å². The van der Waals surface area contributed by atoms with Gasteiger partial charge in [0.1, 0.15) is 6.61 Å². The van der Waals surface area contributed by atoms with Gasteiger partial charge in [0.25, 0.3) is 11.8 Å². The molecule has 4 unspecified atom stereocenters. The lowest BCUT2D eigenvalue weighted by atomic mass is 9.85. The average molecular weight is 416 g/mol. The molecule has 3 aliphatic rings. The standard InChI is InChI=1S/C25H24N2O4/c1-15-3-5-16(6-4-15)14-31-20-10-7-17(11-21(20)30-2)13-26-27-24(28)22-18-8-9-19(12-18)23(22)25(27)29/h3-11,13,18-19,22-23H,12,14H2,1-2H3. The van der Waals surface area contributed by atoms with Gasteiger partial charge in [-0.15, -0.1) is 0 Å². The summed E-state index contributed by atoms with van der Waals surface area (Å²) in [5.74, 6) is 0.674. The first kappa shape index (κ1) is 19.5. The van der Waals surface area contributed by atoms with Gasteiger partial charge in [-0.25, -0.2) is 0 Å². The van der Waals surface area contributed by atoms with Crippen LogP contribution in [0.25, 0.3) is 0 Å². The normalized spacial score (nSPS) is 26.2. The van der Waals surface area contributed by atoms with Crippen LogP contribution in [0.2, 0.25) is 0 Å². The van der Waals surface area contributed by atoms with E-state index in [1.807, 2.05) is 37.3 Å². The Balaban J connectivity index is 1.29. The molecule has 0 N–H and O–H groups in total. The van der Waals surface area contributed by atoms with Crippen molar-refractivity contribution in [3.8, 4) is 11.5 Å². The molecule has 2 amide bonds. The SMILES string of the molecule is COc1cc(C=NN2C(=O)C3C4C=CC(C4)C3C2=O)ccc1OCc1ccc(C)cc1. The van der Waals surface area contributed by atoms with Crippen LogP contribution in [0.3, 0.4) is 0 Å². The van der Waals surface area contributed by atoms with Gasteiger partial charge < -0.3 is 9.47 Å². The highest BCUT2D eigenvalue weighted by Gasteiger charge is 2.59. The summed E-state index contributed by atoms with van der Waals surface area (Å²) in [4.78, 5) is 25.5. The number of hydrazone groups is 1. The number of ether oxygens (including phenoxy) is 2. The van der Waals surface area contributed by atoms with E-state index in [9.17, 15) is 9.59 Å². The van der Waals surface area contributed by atoms with Crippen molar-refractivity contribution in [2.75, 3.05) is 7.11 Å². The molecule has 1 heterocycles. The number of carbonyl (C=O) groups is 2. The Morgan fingerprint density at radius 2 is 1.68 bits per heavy atom. The van der Waals surface area contributed by atoms with Gasteiger partial charge in [-0.3, -0.25) is 9.59 Å². The molecule has 5 rings (SSSR count). The molecular weight excluding hydrogens is 392 g/mol. The molecule has 4 atom stereocenters. The first-order valence-corrected chi connectivity index (χ1v) is 10.5. The number of imide groups is 1. The van der Waals surface area contributed by atoms with Crippen LogP contribution in [0.1, 0.15) is 23.1 Å². The second-order valence-electron chi connectivity index (χ2n) is 8.42. The van der Waals surface area contributed by atoms with Gasteiger partial charge in [-0.2, -0.15) is 10.1 Å². The lowest BCUT2D eigenvalue weighted by molar-refractivity contribution is -0.140. The Morgan fingerprint density at radius 1 is 1.00 bits per heavy atom. The summed E-state index contributed by atoms with van der Waals surface area (Å²) in [5, 5.41) is 5.28. The molecule has 6 nitrogen and oxygen atoms in total. The Morgan fingerprint density at radius 3 is 2.32 bits per heavy atom. The van der Waals surface area contributed by atoms with Crippen molar-refractivity contribution in [1.82, 2.24) is 5.01 Å². The van der Waals surface area contributed by atoms with Crippen LogP contribution in [-0.4, -0.2) is 30.1 Å². The highest BCUT2D eigenvalue weighted by molar-refractivity contribution is 6.06. The monoisotopic (exact) mass is 416 g/mol. The molecule has 0 aromatic heterocycles. The average Bonchev–Trinajstić information content (AvgIpc) is 3.46. The number of nitrogens with zero attached hydrogens (tertiary/aromatic N) is 2. The number of carbonyl (C=O) groups excluding carboxylic acids is 2. The lowest BCUT2D eigenvalue weighted by Crippen LogP contribution is -2.28. The number of amides is 2. The van der Waals surface area contributed by atoms with E-state index >= 15 is 0 Å². The molecule has 1 aliphatic heterocycles. The summed E-state index contributed by atoms with van der Waals surface area (Å²) in [6, 6.07) is 13.6. The number of hydrogen-bond donors (Lipinski definition) is 0. The lowest BCUT2D eigenvalue weighted by Gasteiger charge is -2.13. The molecule has 158 valence electrons. The van der Waals surface area contributed by atoms with Gasteiger partial charge in [-0.1, -0.05) is 42.0 Å². The summed E-state index contributed by atoms with van der Waals surface area (Å²) >= 11 is 0. The van der Waals surface area contributed by atoms with E-state index in [2.05, 4.69) is 17.3 Å². The summed E-state index contributed by atoms with van der Waals surface area (Å²) in [5.41, 5.74) is 2.99. The molecule has 2 fully saturated rings. The second kappa shape index (κ2) is 7.69. The minimum Gasteiger partial charge on any atom is -0.493 e. The minimum atomic E-state index is -0.244. The van der Waals surface area contributed by atoms with Crippen molar-refractivity contribution in [3.05, 3.63) is 71.3 Å². The number of allylic oxidation sites excluding steroid dienone is 2. The zero-order chi connectivity index (χ0) is 21.5. The maximum atomic E-state index is 12.7. The fourth-order valence-electron chi connectivity index (χ4n) is 4.85. The van der Waals surface area contributed by atoms with Gasteiger partial charge in [0.2, 0.25) is 0 Å². The predicted molar refractivity (Wildman–Crippen MR) is 116 cm³/mol. The Bertz CT molecular complexity index is 1060. The van der Waals surface area contributed by atoms with Crippen molar-refractivity contribution in [1.29, 1.82) is 0 Å². The maximum absolute atomic E-state index is 12.7. The maximum Gasteiger partial charge on any atom is 0.254 e. The van der Waals surface area contributed by atoms with Crippen molar-refractivity contribution >= 4 is 18.0 Å². The minimum absolute atomic E-state index is 0.178.